The molecule has 0 saturated carbocycles. The standard InChI is InChI=1S/C18H22N2O3S/c1-12(2)13-6-8-14(9-7-13)17-19-15(11-24-17)18(23)20(3)10-4-5-16(21)22/h6-9,11-12H,4-5,10H2,1-3H3,(H,21,22). The third kappa shape index (κ3) is 4.64. The Balaban J connectivity index is 2.03. The predicted octanol–water partition coefficient (Wildman–Crippen LogP) is 3.87. The highest BCUT2D eigenvalue weighted by atomic mass is 32.1. The van der Waals surface area contributed by atoms with Gasteiger partial charge in [-0.3, -0.25) is 9.59 Å². The lowest BCUT2D eigenvalue weighted by Gasteiger charge is -2.14. The molecule has 1 aromatic heterocycles. The number of hydrogen-bond donors (Lipinski definition) is 1. The number of nitrogens with zero attached hydrogens (tertiary/aromatic N) is 2. The van der Waals surface area contributed by atoms with Crippen LogP contribution in [0.4, 0.5) is 0 Å². The molecule has 0 fully saturated rings. The Morgan fingerprint density at radius 3 is 2.50 bits per heavy atom. The second-order valence-corrected chi connectivity index (χ2v) is 6.90. The van der Waals surface area contributed by atoms with Gasteiger partial charge in [-0.05, 0) is 17.9 Å². The van der Waals surface area contributed by atoms with Gasteiger partial charge in [0.15, 0.2) is 0 Å². The average molecular weight is 346 g/mol. The van der Waals surface area contributed by atoms with Crippen molar-refractivity contribution in [2.24, 2.45) is 0 Å². The van der Waals surface area contributed by atoms with E-state index < -0.39 is 5.97 Å². The molecule has 0 aliphatic rings. The molecule has 0 radical (unpaired) electrons. The van der Waals surface area contributed by atoms with Crippen LogP contribution in [0.2, 0.25) is 0 Å². The molecule has 2 rings (SSSR count). The first-order valence-electron chi connectivity index (χ1n) is 7.91. The number of benzene rings is 1. The first-order valence-corrected chi connectivity index (χ1v) is 8.79. The summed E-state index contributed by atoms with van der Waals surface area (Å²) in [7, 11) is 1.67. The molecule has 0 bridgehead atoms. The molecular weight excluding hydrogens is 324 g/mol. The molecule has 0 aliphatic heterocycles. The number of hydrogen-bond acceptors (Lipinski definition) is 4. The first kappa shape index (κ1) is 18.1. The molecule has 1 heterocycles. The Morgan fingerprint density at radius 2 is 1.92 bits per heavy atom. The van der Waals surface area contributed by atoms with Gasteiger partial charge in [-0.15, -0.1) is 11.3 Å². The fourth-order valence-electron chi connectivity index (χ4n) is 2.28. The van der Waals surface area contributed by atoms with E-state index in [0.29, 0.717) is 24.6 Å². The number of carbonyl (C=O) groups excluding carboxylic acids is 1. The van der Waals surface area contributed by atoms with Crippen LogP contribution in [0.5, 0.6) is 0 Å². The number of aromatic nitrogens is 1. The van der Waals surface area contributed by atoms with E-state index in [4.69, 9.17) is 5.11 Å². The van der Waals surface area contributed by atoms with Crippen molar-refractivity contribution >= 4 is 23.2 Å². The molecule has 24 heavy (non-hydrogen) atoms. The normalized spacial score (nSPS) is 10.8. The fraction of sp³-hybridized carbons (Fsp3) is 0.389. The summed E-state index contributed by atoms with van der Waals surface area (Å²) in [5.41, 5.74) is 2.67. The maximum absolute atomic E-state index is 12.3. The molecule has 1 aromatic carbocycles. The van der Waals surface area contributed by atoms with Gasteiger partial charge in [-0.2, -0.15) is 0 Å². The van der Waals surface area contributed by atoms with Crippen LogP contribution in [0, 0.1) is 0 Å². The maximum Gasteiger partial charge on any atom is 0.303 e. The summed E-state index contributed by atoms with van der Waals surface area (Å²) in [6.45, 7) is 4.70. The van der Waals surface area contributed by atoms with Crippen LogP contribution in [0.15, 0.2) is 29.6 Å². The molecule has 2 aromatic rings. The third-order valence-electron chi connectivity index (χ3n) is 3.78. The average Bonchev–Trinajstić information content (AvgIpc) is 3.03. The number of thiazole rings is 1. The molecule has 1 amide bonds. The number of aliphatic carboxylic acids is 1. The van der Waals surface area contributed by atoms with E-state index in [1.54, 1.807) is 12.4 Å². The number of carboxylic acid groups (broad SMARTS) is 1. The predicted molar refractivity (Wildman–Crippen MR) is 95.5 cm³/mol. The second-order valence-electron chi connectivity index (χ2n) is 6.04. The highest BCUT2D eigenvalue weighted by Crippen LogP contribution is 2.26. The molecule has 0 atom stereocenters. The summed E-state index contributed by atoms with van der Waals surface area (Å²) in [5.74, 6) is -0.551. The topological polar surface area (TPSA) is 70.5 Å². The zero-order valence-electron chi connectivity index (χ0n) is 14.2. The molecule has 0 spiro atoms. The van der Waals surface area contributed by atoms with Crippen molar-refractivity contribution in [2.75, 3.05) is 13.6 Å². The Bertz CT molecular complexity index is 707. The van der Waals surface area contributed by atoms with Crippen LogP contribution < -0.4 is 0 Å². The lowest BCUT2D eigenvalue weighted by Crippen LogP contribution is -2.28. The highest BCUT2D eigenvalue weighted by molar-refractivity contribution is 7.13. The Morgan fingerprint density at radius 1 is 1.25 bits per heavy atom. The Kier molecular flexibility index (Phi) is 6.09. The van der Waals surface area contributed by atoms with Crippen molar-refractivity contribution < 1.29 is 14.7 Å². The monoisotopic (exact) mass is 346 g/mol. The largest absolute Gasteiger partial charge is 0.481 e. The van der Waals surface area contributed by atoms with Gasteiger partial charge in [-0.1, -0.05) is 38.1 Å². The lowest BCUT2D eigenvalue weighted by atomic mass is 10.0. The number of amides is 1. The van der Waals surface area contributed by atoms with E-state index in [1.165, 1.54) is 21.8 Å². The minimum atomic E-state index is -0.850. The summed E-state index contributed by atoms with van der Waals surface area (Å²) in [6.07, 6.45) is 0.493. The van der Waals surface area contributed by atoms with Crippen LogP contribution >= 0.6 is 11.3 Å². The van der Waals surface area contributed by atoms with Crippen molar-refractivity contribution in [3.8, 4) is 10.6 Å². The molecule has 128 valence electrons. The maximum atomic E-state index is 12.3. The summed E-state index contributed by atoms with van der Waals surface area (Å²) in [6, 6.07) is 8.22. The molecule has 0 saturated heterocycles. The lowest BCUT2D eigenvalue weighted by molar-refractivity contribution is -0.137. The molecule has 6 heteroatoms. The quantitative estimate of drug-likeness (QED) is 0.826. The SMILES string of the molecule is CC(C)c1ccc(-c2nc(C(=O)N(C)CCCC(=O)O)cs2)cc1. The van der Waals surface area contributed by atoms with Crippen molar-refractivity contribution in [1.29, 1.82) is 0 Å². The number of carbonyl (C=O) groups is 2. The van der Waals surface area contributed by atoms with Crippen molar-refractivity contribution in [3.05, 3.63) is 40.9 Å². The van der Waals surface area contributed by atoms with Crippen LogP contribution in [0.25, 0.3) is 10.6 Å². The summed E-state index contributed by atoms with van der Waals surface area (Å²) >= 11 is 1.44. The molecule has 1 N–H and O–H groups in total. The summed E-state index contributed by atoms with van der Waals surface area (Å²) < 4.78 is 0. The zero-order valence-corrected chi connectivity index (χ0v) is 15.0. The van der Waals surface area contributed by atoms with E-state index in [9.17, 15) is 9.59 Å². The van der Waals surface area contributed by atoms with Crippen LogP contribution in [-0.4, -0.2) is 40.5 Å². The van der Waals surface area contributed by atoms with Crippen molar-refractivity contribution in [1.82, 2.24) is 9.88 Å². The third-order valence-corrected chi connectivity index (χ3v) is 4.67. The fourth-order valence-corrected chi connectivity index (χ4v) is 3.08. The van der Waals surface area contributed by atoms with Crippen LogP contribution in [0.3, 0.4) is 0 Å². The van der Waals surface area contributed by atoms with Crippen LogP contribution in [-0.2, 0) is 4.79 Å². The van der Waals surface area contributed by atoms with E-state index >= 15 is 0 Å². The van der Waals surface area contributed by atoms with Gasteiger partial charge in [0.05, 0.1) is 0 Å². The second kappa shape index (κ2) is 8.06. The first-order chi connectivity index (χ1) is 11.4. The minimum Gasteiger partial charge on any atom is -0.481 e. The Hall–Kier alpha value is -2.21. The van der Waals surface area contributed by atoms with Crippen molar-refractivity contribution in [2.45, 2.75) is 32.6 Å². The van der Waals surface area contributed by atoms with E-state index in [0.717, 1.165) is 10.6 Å². The van der Waals surface area contributed by atoms with Gasteiger partial charge in [0.25, 0.3) is 5.91 Å². The van der Waals surface area contributed by atoms with Crippen LogP contribution in [0.1, 0.15) is 48.7 Å². The highest BCUT2D eigenvalue weighted by Gasteiger charge is 2.16. The molecule has 5 nitrogen and oxygen atoms in total. The van der Waals surface area contributed by atoms with E-state index in [1.807, 2.05) is 12.1 Å². The van der Waals surface area contributed by atoms with Gasteiger partial charge >= 0.3 is 5.97 Å². The molecule has 0 aliphatic carbocycles. The smallest absolute Gasteiger partial charge is 0.303 e. The Labute approximate surface area is 146 Å². The molecular formula is C18H22N2O3S. The summed E-state index contributed by atoms with van der Waals surface area (Å²) in [5, 5.41) is 11.2. The van der Waals surface area contributed by atoms with Gasteiger partial charge < -0.3 is 10.0 Å². The summed E-state index contributed by atoms with van der Waals surface area (Å²) in [4.78, 5) is 28.8. The van der Waals surface area contributed by atoms with E-state index in [-0.39, 0.29) is 12.3 Å². The van der Waals surface area contributed by atoms with Gasteiger partial charge in [-0.25, -0.2) is 4.98 Å². The minimum absolute atomic E-state index is 0.0577. The van der Waals surface area contributed by atoms with Gasteiger partial charge in [0.1, 0.15) is 10.7 Å². The van der Waals surface area contributed by atoms with Gasteiger partial charge in [0.2, 0.25) is 0 Å². The van der Waals surface area contributed by atoms with Crippen molar-refractivity contribution in [3.63, 3.8) is 0 Å². The van der Waals surface area contributed by atoms with Gasteiger partial charge in [0, 0.05) is 31.0 Å². The van der Waals surface area contributed by atoms with E-state index in [2.05, 4.69) is 31.0 Å². The molecule has 0 unspecified atom stereocenters. The zero-order chi connectivity index (χ0) is 17.7. The number of carboxylic acids is 1. The number of rotatable bonds is 7.